The molecular formula is C23H21FN6O2. The predicted molar refractivity (Wildman–Crippen MR) is 116 cm³/mol. The van der Waals surface area contributed by atoms with E-state index in [0.717, 1.165) is 17.7 Å². The number of imidazole rings is 1. The maximum Gasteiger partial charge on any atom is 0.223 e. The first-order valence-corrected chi connectivity index (χ1v) is 10.3. The summed E-state index contributed by atoms with van der Waals surface area (Å²) in [6.45, 7) is 1.69. The summed E-state index contributed by atoms with van der Waals surface area (Å²) in [5.41, 5.74) is 3.57. The predicted octanol–water partition coefficient (Wildman–Crippen LogP) is 4.12. The van der Waals surface area contributed by atoms with Crippen LogP contribution in [-0.2, 0) is 16.0 Å². The van der Waals surface area contributed by atoms with Crippen LogP contribution in [0.5, 0.6) is 0 Å². The zero-order valence-electron chi connectivity index (χ0n) is 17.2. The summed E-state index contributed by atoms with van der Waals surface area (Å²) in [5.74, 6) is 0.688. The second-order valence-electron chi connectivity index (χ2n) is 7.22. The molecule has 1 aromatic carbocycles. The van der Waals surface area contributed by atoms with Crippen molar-refractivity contribution in [3.63, 3.8) is 0 Å². The van der Waals surface area contributed by atoms with Crippen molar-refractivity contribution < 1.29 is 13.9 Å². The van der Waals surface area contributed by atoms with Crippen molar-refractivity contribution in [1.29, 1.82) is 0 Å². The third-order valence-corrected chi connectivity index (χ3v) is 4.96. The summed E-state index contributed by atoms with van der Waals surface area (Å²) in [5, 5.41) is 3.19. The molecule has 0 radical (unpaired) electrons. The Labute approximate surface area is 183 Å². The highest BCUT2D eigenvalue weighted by molar-refractivity contribution is 5.77. The van der Waals surface area contributed by atoms with Crippen molar-refractivity contribution in [3.05, 3.63) is 78.3 Å². The average Bonchev–Trinajstić information content (AvgIpc) is 3.30. The zero-order valence-corrected chi connectivity index (χ0v) is 17.2. The van der Waals surface area contributed by atoms with Gasteiger partial charge < -0.3 is 19.8 Å². The molecule has 4 aromatic rings. The Hall–Kier alpha value is -3.69. The maximum absolute atomic E-state index is 13.5. The summed E-state index contributed by atoms with van der Waals surface area (Å²) in [6, 6.07) is 13.7. The first kappa shape index (κ1) is 20.2. The molecule has 1 fully saturated rings. The molecule has 162 valence electrons. The summed E-state index contributed by atoms with van der Waals surface area (Å²) in [6.07, 6.45) is 3.67. The lowest BCUT2D eigenvalue weighted by Gasteiger charge is -2.21. The molecule has 0 atom stereocenters. The Morgan fingerprint density at radius 2 is 1.81 bits per heavy atom. The van der Waals surface area contributed by atoms with Gasteiger partial charge in [0.15, 0.2) is 5.82 Å². The second kappa shape index (κ2) is 9.21. The number of rotatable bonds is 6. The minimum atomic E-state index is -0.583. The molecular weight excluding hydrogens is 411 g/mol. The smallest absolute Gasteiger partial charge is 0.223 e. The van der Waals surface area contributed by atoms with Crippen LogP contribution in [0, 0.1) is 5.82 Å². The van der Waals surface area contributed by atoms with Crippen LogP contribution in [0.2, 0.25) is 0 Å². The van der Waals surface area contributed by atoms with Gasteiger partial charge in [0, 0.05) is 18.0 Å². The van der Waals surface area contributed by atoms with Crippen LogP contribution >= 0.6 is 0 Å². The van der Waals surface area contributed by atoms with Gasteiger partial charge in [0.05, 0.1) is 42.5 Å². The van der Waals surface area contributed by atoms with E-state index in [4.69, 9.17) is 14.5 Å². The molecule has 0 amide bonds. The fraction of sp³-hybridized carbons (Fsp3) is 0.217. The number of ether oxygens (including phenoxy) is 2. The third-order valence-electron chi connectivity index (χ3n) is 4.96. The highest BCUT2D eigenvalue weighted by atomic mass is 19.1. The van der Waals surface area contributed by atoms with Crippen molar-refractivity contribution in [2.45, 2.75) is 19.3 Å². The summed E-state index contributed by atoms with van der Waals surface area (Å²) in [4.78, 5) is 21.3. The van der Waals surface area contributed by atoms with Crippen molar-refractivity contribution in [2.75, 3.05) is 18.5 Å². The van der Waals surface area contributed by atoms with E-state index in [1.54, 1.807) is 30.6 Å². The molecule has 32 heavy (non-hydrogen) atoms. The SMILES string of the molecule is Fc1ccc(-c2nc(C3OCCCO3)[nH]c2-c2ccnc(NCc3ccccn3)n2)cc1. The molecule has 1 saturated heterocycles. The molecule has 0 aliphatic carbocycles. The highest BCUT2D eigenvalue weighted by Crippen LogP contribution is 2.32. The van der Waals surface area contributed by atoms with Gasteiger partial charge in [-0.15, -0.1) is 0 Å². The number of aromatic amines is 1. The van der Waals surface area contributed by atoms with Crippen molar-refractivity contribution in [3.8, 4) is 22.6 Å². The molecule has 0 bridgehead atoms. The van der Waals surface area contributed by atoms with Gasteiger partial charge in [-0.2, -0.15) is 0 Å². The first-order valence-electron chi connectivity index (χ1n) is 10.3. The fourth-order valence-electron chi connectivity index (χ4n) is 3.41. The Balaban J connectivity index is 1.48. The largest absolute Gasteiger partial charge is 0.349 e. The van der Waals surface area contributed by atoms with E-state index in [9.17, 15) is 4.39 Å². The van der Waals surface area contributed by atoms with Crippen LogP contribution in [0.15, 0.2) is 60.9 Å². The number of aromatic nitrogens is 5. The number of nitrogens with zero attached hydrogens (tertiary/aromatic N) is 4. The van der Waals surface area contributed by atoms with Crippen molar-refractivity contribution in [2.24, 2.45) is 0 Å². The fourth-order valence-corrected chi connectivity index (χ4v) is 3.41. The highest BCUT2D eigenvalue weighted by Gasteiger charge is 2.24. The molecule has 0 saturated carbocycles. The van der Waals surface area contributed by atoms with Gasteiger partial charge in [-0.1, -0.05) is 6.07 Å². The number of halogens is 1. The molecule has 3 aromatic heterocycles. The van der Waals surface area contributed by atoms with Gasteiger partial charge in [-0.05, 0) is 48.9 Å². The number of hydrogen-bond donors (Lipinski definition) is 2. The molecule has 8 nitrogen and oxygen atoms in total. The van der Waals surface area contributed by atoms with Gasteiger partial charge in [0.2, 0.25) is 12.2 Å². The van der Waals surface area contributed by atoms with Crippen LogP contribution in [0.25, 0.3) is 22.6 Å². The number of pyridine rings is 1. The number of benzene rings is 1. The molecule has 1 aliphatic heterocycles. The van der Waals surface area contributed by atoms with E-state index in [1.165, 1.54) is 12.1 Å². The van der Waals surface area contributed by atoms with Crippen LogP contribution in [0.4, 0.5) is 10.3 Å². The summed E-state index contributed by atoms with van der Waals surface area (Å²) >= 11 is 0. The van der Waals surface area contributed by atoms with Crippen molar-refractivity contribution >= 4 is 5.95 Å². The number of H-pyrrole nitrogens is 1. The topological polar surface area (TPSA) is 97.8 Å². The Bertz CT molecular complexity index is 1180. The molecule has 1 aliphatic rings. The molecule has 2 N–H and O–H groups in total. The first-order chi connectivity index (χ1) is 15.8. The monoisotopic (exact) mass is 432 g/mol. The van der Waals surface area contributed by atoms with E-state index in [0.29, 0.717) is 48.6 Å². The van der Waals surface area contributed by atoms with E-state index >= 15 is 0 Å². The van der Waals surface area contributed by atoms with Crippen LogP contribution in [-0.4, -0.2) is 38.1 Å². The number of nitrogens with one attached hydrogen (secondary N) is 2. The lowest BCUT2D eigenvalue weighted by Crippen LogP contribution is -2.18. The van der Waals surface area contributed by atoms with Gasteiger partial charge in [-0.25, -0.2) is 19.3 Å². The molecule has 0 unspecified atom stereocenters. The van der Waals surface area contributed by atoms with E-state index in [2.05, 4.69) is 25.3 Å². The minimum Gasteiger partial charge on any atom is -0.349 e. The normalized spacial score (nSPS) is 14.4. The lowest BCUT2D eigenvalue weighted by atomic mass is 10.1. The number of anilines is 1. The van der Waals surface area contributed by atoms with Crippen LogP contribution in [0.1, 0.15) is 24.2 Å². The standard InChI is InChI=1S/C23H21FN6O2/c24-16-7-5-15(6-8-16)19-20(30-21(29-19)22-31-12-3-13-32-22)18-9-11-26-23(28-18)27-14-17-4-1-2-10-25-17/h1-2,4-11,22H,3,12-14H2,(H,29,30)(H,26,27,28). The van der Waals surface area contributed by atoms with Gasteiger partial charge in [0.25, 0.3) is 0 Å². The molecule has 0 spiro atoms. The number of hydrogen-bond acceptors (Lipinski definition) is 7. The second-order valence-corrected chi connectivity index (χ2v) is 7.22. The molecule has 5 rings (SSSR count). The lowest BCUT2D eigenvalue weighted by molar-refractivity contribution is -0.186. The van der Waals surface area contributed by atoms with Gasteiger partial charge >= 0.3 is 0 Å². The van der Waals surface area contributed by atoms with Gasteiger partial charge in [-0.3, -0.25) is 4.98 Å². The summed E-state index contributed by atoms with van der Waals surface area (Å²) in [7, 11) is 0. The third kappa shape index (κ3) is 4.48. The van der Waals surface area contributed by atoms with Gasteiger partial charge in [0.1, 0.15) is 5.82 Å². The quantitative estimate of drug-likeness (QED) is 0.473. The Morgan fingerprint density at radius 1 is 0.969 bits per heavy atom. The Morgan fingerprint density at radius 3 is 2.59 bits per heavy atom. The average molecular weight is 432 g/mol. The van der Waals surface area contributed by atoms with Crippen LogP contribution in [0.3, 0.4) is 0 Å². The van der Waals surface area contributed by atoms with Crippen LogP contribution < -0.4 is 5.32 Å². The Kier molecular flexibility index (Phi) is 5.82. The van der Waals surface area contributed by atoms with E-state index in [1.807, 2.05) is 18.2 Å². The minimum absolute atomic E-state index is 0.312. The van der Waals surface area contributed by atoms with Crippen molar-refractivity contribution in [1.82, 2.24) is 24.9 Å². The summed E-state index contributed by atoms with van der Waals surface area (Å²) < 4.78 is 24.9. The molecule has 9 heteroatoms. The zero-order chi connectivity index (χ0) is 21.8. The van der Waals surface area contributed by atoms with E-state index in [-0.39, 0.29) is 5.82 Å². The molecule has 4 heterocycles. The van der Waals surface area contributed by atoms with E-state index < -0.39 is 6.29 Å². The maximum atomic E-state index is 13.5.